The minimum absolute atomic E-state index is 0.0894. The molecule has 0 bridgehead atoms. The predicted octanol–water partition coefficient (Wildman–Crippen LogP) is 2.05. The van der Waals surface area contributed by atoms with Crippen LogP contribution in [-0.2, 0) is 9.53 Å². The lowest BCUT2D eigenvalue weighted by molar-refractivity contribution is -0.385. The first-order valence-electron chi connectivity index (χ1n) is 6.18. The van der Waals surface area contributed by atoms with Crippen LogP contribution >= 0.6 is 11.8 Å². The van der Waals surface area contributed by atoms with Gasteiger partial charge in [0, 0.05) is 6.07 Å². The number of nitro benzene ring substituents is 1. The molecule has 0 aliphatic rings. The normalized spacial score (nSPS) is 9.95. The number of carbonyl (C=O) groups excluding carboxylic acids is 2. The number of esters is 1. The van der Waals surface area contributed by atoms with Crippen molar-refractivity contribution in [1.29, 1.82) is 0 Å². The van der Waals surface area contributed by atoms with Crippen molar-refractivity contribution in [3.63, 3.8) is 0 Å². The van der Waals surface area contributed by atoms with E-state index >= 15 is 0 Å². The van der Waals surface area contributed by atoms with E-state index in [9.17, 15) is 19.7 Å². The molecule has 1 aromatic carbocycles. The maximum absolute atomic E-state index is 12.3. The zero-order valence-electron chi connectivity index (χ0n) is 12.3. The number of hydrogen-bond donors (Lipinski definition) is 0. The Labute approximate surface area is 130 Å². The molecule has 1 aromatic rings. The molecule has 0 atom stereocenters. The quantitative estimate of drug-likeness (QED) is 0.425. The largest absolute Gasteiger partial charge is 0.496 e. The van der Waals surface area contributed by atoms with Gasteiger partial charge >= 0.3 is 11.7 Å². The van der Waals surface area contributed by atoms with Crippen molar-refractivity contribution in [2.45, 2.75) is 6.92 Å². The van der Waals surface area contributed by atoms with Crippen LogP contribution in [0, 0.1) is 10.1 Å². The highest BCUT2D eigenvalue weighted by Gasteiger charge is 2.27. The van der Waals surface area contributed by atoms with Gasteiger partial charge in [0.05, 0.1) is 31.5 Å². The molecule has 0 saturated carbocycles. The van der Waals surface area contributed by atoms with Gasteiger partial charge in [-0.05, 0) is 13.0 Å². The minimum atomic E-state index is -0.662. The number of thioether (sulfide) groups is 1. The molecule has 0 fully saturated rings. The van der Waals surface area contributed by atoms with Gasteiger partial charge in [-0.2, -0.15) is 0 Å². The second-order valence-electron chi connectivity index (χ2n) is 3.83. The summed E-state index contributed by atoms with van der Waals surface area (Å²) in [6.07, 6.45) is 0. The van der Waals surface area contributed by atoms with E-state index in [2.05, 4.69) is 0 Å². The average molecular weight is 329 g/mol. The van der Waals surface area contributed by atoms with Crippen LogP contribution in [0.3, 0.4) is 0 Å². The molecule has 0 spiro atoms. The lowest BCUT2D eigenvalue weighted by Gasteiger charge is -2.11. The van der Waals surface area contributed by atoms with Crippen LogP contribution in [0.5, 0.6) is 11.5 Å². The van der Waals surface area contributed by atoms with Crippen LogP contribution in [-0.4, -0.2) is 42.6 Å². The maximum atomic E-state index is 12.3. The van der Waals surface area contributed by atoms with Crippen molar-refractivity contribution < 1.29 is 28.7 Å². The number of carbonyl (C=O) groups is 2. The second-order valence-corrected chi connectivity index (χ2v) is 4.78. The van der Waals surface area contributed by atoms with Crippen LogP contribution in [0.2, 0.25) is 0 Å². The van der Waals surface area contributed by atoms with Crippen LogP contribution in [0.4, 0.5) is 5.69 Å². The Kier molecular flexibility index (Phi) is 6.64. The van der Waals surface area contributed by atoms with Gasteiger partial charge in [0.2, 0.25) is 10.9 Å². The van der Waals surface area contributed by atoms with Crippen LogP contribution in [0.1, 0.15) is 17.3 Å². The topological polar surface area (TPSA) is 105 Å². The van der Waals surface area contributed by atoms with Crippen molar-refractivity contribution in [1.82, 2.24) is 0 Å². The summed E-state index contributed by atoms with van der Waals surface area (Å²) in [5.74, 6) is -0.833. The molecule has 120 valence electrons. The summed E-state index contributed by atoms with van der Waals surface area (Å²) < 4.78 is 14.7. The zero-order chi connectivity index (χ0) is 16.7. The molecule has 0 unspecified atom stereocenters. The number of benzene rings is 1. The maximum Gasteiger partial charge on any atom is 0.316 e. The molecule has 0 N–H and O–H groups in total. The summed E-state index contributed by atoms with van der Waals surface area (Å²) in [4.78, 5) is 33.9. The highest BCUT2D eigenvalue weighted by Crippen LogP contribution is 2.39. The van der Waals surface area contributed by atoms with Crippen molar-refractivity contribution >= 4 is 28.5 Å². The lowest BCUT2D eigenvalue weighted by Crippen LogP contribution is -2.10. The first-order valence-corrected chi connectivity index (χ1v) is 7.16. The van der Waals surface area contributed by atoms with E-state index < -0.39 is 16.0 Å². The predicted molar refractivity (Wildman–Crippen MR) is 79.6 cm³/mol. The monoisotopic (exact) mass is 329 g/mol. The summed E-state index contributed by atoms with van der Waals surface area (Å²) in [5, 5.41) is 10.4. The fourth-order valence-electron chi connectivity index (χ4n) is 1.67. The first-order chi connectivity index (χ1) is 10.5. The smallest absolute Gasteiger partial charge is 0.316 e. The molecule has 0 aliphatic carbocycles. The molecule has 1 rings (SSSR count). The van der Waals surface area contributed by atoms with E-state index in [1.807, 2.05) is 0 Å². The van der Waals surface area contributed by atoms with Gasteiger partial charge in [-0.1, -0.05) is 11.8 Å². The summed E-state index contributed by atoms with van der Waals surface area (Å²) >= 11 is 0.661. The Bertz CT molecular complexity index is 588. The Morgan fingerprint density at radius 2 is 1.95 bits per heavy atom. The number of ether oxygens (including phenoxy) is 3. The molecule has 9 heteroatoms. The van der Waals surface area contributed by atoms with Crippen molar-refractivity contribution in [2.24, 2.45) is 0 Å². The van der Waals surface area contributed by atoms with E-state index in [1.54, 1.807) is 6.92 Å². The van der Waals surface area contributed by atoms with Crippen molar-refractivity contribution in [3.8, 4) is 11.5 Å². The molecular weight excluding hydrogens is 314 g/mol. The van der Waals surface area contributed by atoms with Gasteiger partial charge in [0.25, 0.3) is 0 Å². The van der Waals surface area contributed by atoms with Gasteiger partial charge in [-0.15, -0.1) is 0 Å². The standard InChI is InChI=1S/C13H15NO7S/c1-4-21-10(15)7-22-13(16)11-9(19-2)6-5-8(14(17)18)12(11)20-3/h5-6H,4,7H2,1-3H3. The molecule has 0 amide bonds. The third kappa shape index (κ3) is 4.10. The van der Waals surface area contributed by atoms with E-state index in [0.29, 0.717) is 11.8 Å². The molecule has 0 radical (unpaired) electrons. The lowest BCUT2D eigenvalue weighted by atomic mass is 10.1. The summed E-state index contributed by atoms with van der Waals surface area (Å²) in [6, 6.07) is 2.49. The van der Waals surface area contributed by atoms with Crippen LogP contribution < -0.4 is 9.47 Å². The van der Waals surface area contributed by atoms with Crippen LogP contribution in [0.15, 0.2) is 12.1 Å². The molecular formula is C13H15NO7S. The van der Waals surface area contributed by atoms with Crippen molar-refractivity contribution in [3.05, 3.63) is 27.8 Å². The minimum Gasteiger partial charge on any atom is -0.496 e. The van der Waals surface area contributed by atoms with Gasteiger partial charge in [0.1, 0.15) is 11.3 Å². The summed E-state index contributed by atoms with van der Waals surface area (Å²) in [7, 11) is 2.54. The first kappa shape index (κ1) is 17.8. The number of methoxy groups -OCH3 is 2. The molecule has 0 heterocycles. The van der Waals surface area contributed by atoms with Gasteiger partial charge in [-0.3, -0.25) is 19.7 Å². The Morgan fingerprint density at radius 1 is 1.27 bits per heavy atom. The Balaban J connectivity index is 3.14. The fourth-order valence-corrected chi connectivity index (χ4v) is 2.34. The third-order valence-corrected chi connectivity index (χ3v) is 3.40. The summed E-state index contributed by atoms with van der Waals surface area (Å²) in [6.45, 7) is 1.86. The second kappa shape index (κ2) is 8.23. The van der Waals surface area contributed by atoms with Gasteiger partial charge < -0.3 is 14.2 Å². The molecule has 0 saturated heterocycles. The van der Waals surface area contributed by atoms with E-state index in [4.69, 9.17) is 14.2 Å². The van der Waals surface area contributed by atoms with Crippen LogP contribution in [0.25, 0.3) is 0 Å². The summed E-state index contributed by atoms with van der Waals surface area (Å²) in [5.41, 5.74) is -0.447. The SMILES string of the molecule is CCOC(=O)CSC(=O)c1c(OC)ccc([N+](=O)[O-])c1OC. The number of rotatable bonds is 7. The number of nitro groups is 1. The average Bonchev–Trinajstić information content (AvgIpc) is 2.51. The van der Waals surface area contributed by atoms with E-state index in [1.165, 1.54) is 26.4 Å². The fraction of sp³-hybridized carbons (Fsp3) is 0.385. The zero-order valence-corrected chi connectivity index (χ0v) is 13.1. The molecule has 0 aliphatic heterocycles. The van der Waals surface area contributed by atoms with Crippen molar-refractivity contribution in [2.75, 3.05) is 26.6 Å². The Morgan fingerprint density at radius 3 is 2.45 bits per heavy atom. The van der Waals surface area contributed by atoms with E-state index in [0.717, 1.165) is 0 Å². The molecule has 8 nitrogen and oxygen atoms in total. The molecule has 22 heavy (non-hydrogen) atoms. The number of hydrogen-bond acceptors (Lipinski definition) is 8. The highest BCUT2D eigenvalue weighted by atomic mass is 32.2. The molecule has 0 aromatic heterocycles. The highest BCUT2D eigenvalue weighted by molar-refractivity contribution is 8.14. The van der Waals surface area contributed by atoms with Gasteiger partial charge in [-0.25, -0.2) is 0 Å². The number of nitrogens with zero attached hydrogens (tertiary/aromatic N) is 1. The Hall–Kier alpha value is -2.29. The van der Waals surface area contributed by atoms with Gasteiger partial charge in [0.15, 0.2) is 0 Å². The van der Waals surface area contributed by atoms with E-state index in [-0.39, 0.29) is 35.1 Å². The third-order valence-electron chi connectivity index (χ3n) is 2.55.